The Bertz CT molecular complexity index is 339. The van der Waals surface area contributed by atoms with Gasteiger partial charge in [0.25, 0.3) is 0 Å². The monoisotopic (exact) mass is 170 g/mol. The Morgan fingerprint density at radius 2 is 1.92 bits per heavy atom. The summed E-state index contributed by atoms with van der Waals surface area (Å²) >= 11 is 0. The highest BCUT2D eigenvalue weighted by molar-refractivity contribution is 5.76. The lowest BCUT2D eigenvalue weighted by Crippen LogP contribution is -1.82. The normalized spacial score (nSPS) is 14.7. The minimum atomic E-state index is 1.09. The number of benzene rings is 1. The summed E-state index contributed by atoms with van der Waals surface area (Å²) in [4.78, 5) is 0. The van der Waals surface area contributed by atoms with Gasteiger partial charge >= 0.3 is 0 Å². The van der Waals surface area contributed by atoms with Crippen molar-refractivity contribution < 1.29 is 0 Å². The molecule has 0 heteroatoms. The minimum Gasteiger partial charge on any atom is -0.0801 e. The third-order valence-electron chi connectivity index (χ3n) is 2.47. The average molecular weight is 170 g/mol. The first-order valence-corrected chi connectivity index (χ1v) is 4.86. The van der Waals surface area contributed by atoms with Crippen molar-refractivity contribution in [3.63, 3.8) is 0 Å². The fraction of sp³-hybridized carbons (Fsp3) is 0.231. The van der Waals surface area contributed by atoms with Gasteiger partial charge in [-0.3, -0.25) is 0 Å². The molecule has 1 aromatic rings. The van der Waals surface area contributed by atoms with Crippen LogP contribution in [0.4, 0.5) is 0 Å². The molecule has 0 heterocycles. The van der Waals surface area contributed by atoms with Gasteiger partial charge in [-0.2, -0.15) is 0 Å². The predicted molar refractivity (Wildman–Crippen MR) is 57.6 cm³/mol. The van der Waals surface area contributed by atoms with E-state index in [4.69, 9.17) is 0 Å². The lowest BCUT2D eigenvalue weighted by Gasteiger charge is -2.01. The zero-order valence-corrected chi connectivity index (χ0v) is 7.96. The summed E-state index contributed by atoms with van der Waals surface area (Å²) in [5.41, 5.74) is 4.11. The van der Waals surface area contributed by atoms with Crippen molar-refractivity contribution in [2.24, 2.45) is 0 Å². The molecule has 0 nitrogen and oxygen atoms in total. The summed E-state index contributed by atoms with van der Waals surface area (Å²) < 4.78 is 0. The van der Waals surface area contributed by atoms with Crippen molar-refractivity contribution in [1.82, 2.24) is 0 Å². The van der Waals surface area contributed by atoms with E-state index in [-0.39, 0.29) is 0 Å². The molecule has 0 fully saturated rings. The standard InChI is InChI=1S/C13H14/c1-2-11-7-9-13(10-8-11)12-5-3-4-6-12/h3,5-10H,2,4H2,1H3. The largest absolute Gasteiger partial charge is 0.0801 e. The molecule has 66 valence electrons. The number of allylic oxidation sites excluding steroid dienone is 4. The van der Waals surface area contributed by atoms with Crippen LogP contribution < -0.4 is 0 Å². The van der Waals surface area contributed by atoms with E-state index in [1.54, 1.807) is 0 Å². The molecule has 1 aliphatic rings. The molecule has 0 aromatic heterocycles. The van der Waals surface area contributed by atoms with Crippen LogP contribution in [0.15, 0.2) is 42.5 Å². The molecule has 2 rings (SSSR count). The van der Waals surface area contributed by atoms with E-state index in [9.17, 15) is 0 Å². The highest BCUT2D eigenvalue weighted by atomic mass is 14.1. The van der Waals surface area contributed by atoms with Gasteiger partial charge in [-0.25, -0.2) is 0 Å². The predicted octanol–water partition coefficient (Wildman–Crippen LogP) is 3.59. The van der Waals surface area contributed by atoms with Crippen LogP contribution in [0.2, 0.25) is 0 Å². The van der Waals surface area contributed by atoms with E-state index in [2.05, 4.69) is 49.4 Å². The molecule has 0 amide bonds. The van der Waals surface area contributed by atoms with E-state index in [1.165, 1.54) is 16.7 Å². The summed E-state index contributed by atoms with van der Waals surface area (Å²) in [5, 5.41) is 0. The maximum absolute atomic E-state index is 2.26. The van der Waals surface area contributed by atoms with Gasteiger partial charge in [-0.05, 0) is 29.5 Å². The van der Waals surface area contributed by atoms with E-state index in [0.717, 1.165) is 12.8 Å². The topological polar surface area (TPSA) is 0 Å². The lowest BCUT2D eigenvalue weighted by atomic mass is 10.0. The molecular formula is C13H14. The summed E-state index contributed by atoms with van der Waals surface area (Å²) in [6.07, 6.45) is 8.87. The van der Waals surface area contributed by atoms with Crippen molar-refractivity contribution in [1.29, 1.82) is 0 Å². The van der Waals surface area contributed by atoms with Gasteiger partial charge in [-0.1, -0.05) is 49.4 Å². The molecule has 0 bridgehead atoms. The summed E-state index contributed by atoms with van der Waals surface area (Å²) in [5.74, 6) is 0. The Hall–Kier alpha value is -1.30. The molecule has 0 unspecified atom stereocenters. The zero-order valence-electron chi connectivity index (χ0n) is 7.96. The molecule has 0 radical (unpaired) electrons. The van der Waals surface area contributed by atoms with Crippen molar-refractivity contribution in [2.75, 3.05) is 0 Å². The first-order valence-electron chi connectivity index (χ1n) is 4.86. The van der Waals surface area contributed by atoms with Crippen molar-refractivity contribution in [3.05, 3.63) is 53.6 Å². The zero-order chi connectivity index (χ0) is 9.10. The Morgan fingerprint density at radius 1 is 1.15 bits per heavy atom. The molecule has 0 spiro atoms. The van der Waals surface area contributed by atoms with Gasteiger partial charge in [-0.15, -0.1) is 0 Å². The third-order valence-corrected chi connectivity index (χ3v) is 2.47. The second kappa shape index (κ2) is 3.61. The van der Waals surface area contributed by atoms with Gasteiger partial charge < -0.3 is 0 Å². The van der Waals surface area contributed by atoms with Gasteiger partial charge in [0.05, 0.1) is 0 Å². The Morgan fingerprint density at radius 3 is 2.46 bits per heavy atom. The Kier molecular flexibility index (Phi) is 2.31. The molecule has 0 atom stereocenters. The van der Waals surface area contributed by atoms with Crippen LogP contribution in [0.3, 0.4) is 0 Å². The average Bonchev–Trinajstić information content (AvgIpc) is 2.71. The van der Waals surface area contributed by atoms with E-state index in [1.807, 2.05) is 0 Å². The second-order valence-corrected chi connectivity index (χ2v) is 3.35. The van der Waals surface area contributed by atoms with Crippen LogP contribution in [0, 0.1) is 0 Å². The highest BCUT2D eigenvalue weighted by Crippen LogP contribution is 2.21. The minimum absolute atomic E-state index is 1.09. The van der Waals surface area contributed by atoms with Crippen LogP contribution in [-0.4, -0.2) is 0 Å². The molecule has 0 N–H and O–H groups in total. The number of rotatable bonds is 2. The Labute approximate surface area is 79.6 Å². The molecule has 0 saturated heterocycles. The van der Waals surface area contributed by atoms with Gasteiger partial charge in [0.2, 0.25) is 0 Å². The maximum atomic E-state index is 2.26. The Balaban J connectivity index is 2.27. The van der Waals surface area contributed by atoms with Crippen molar-refractivity contribution >= 4 is 5.57 Å². The van der Waals surface area contributed by atoms with Gasteiger partial charge in [0, 0.05) is 0 Å². The van der Waals surface area contributed by atoms with E-state index in [0.29, 0.717) is 0 Å². The number of hydrogen-bond acceptors (Lipinski definition) is 0. The van der Waals surface area contributed by atoms with Crippen LogP contribution in [-0.2, 0) is 6.42 Å². The number of aryl methyl sites for hydroxylation is 1. The summed E-state index contributed by atoms with van der Waals surface area (Å²) in [6, 6.07) is 8.84. The third kappa shape index (κ3) is 1.72. The molecule has 13 heavy (non-hydrogen) atoms. The maximum Gasteiger partial charge on any atom is -0.0157 e. The molecule has 1 aromatic carbocycles. The van der Waals surface area contributed by atoms with Crippen LogP contribution in [0.5, 0.6) is 0 Å². The number of hydrogen-bond donors (Lipinski definition) is 0. The smallest absolute Gasteiger partial charge is 0.0157 e. The highest BCUT2D eigenvalue weighted by Gasteiger charge is 2.00. The molecule has 0 aliphatic heterocycles. The van der Waals surface area contributed by atoms with Gasteiger partial charge in [0.15, 0.2) is 0 Å². The fourth-order valence-corrected chi connectivity index (χ4v) is 1.61. The second-order valence-electron chi connectivity index (χ2n) is 3.35. The van der Waals surface area contributed by atoms with Crippen LogP contribution >= 0.6 is 0 Å². The summed E-state index contributed by atoms with van der Waals surface area (Å²) in [6.45, 7) is 2.18. The van der Waals surface area contributed by atoms with Crippen molar-refractivity contribution in [3.8, 4) is 0 Å². The first-order chi connectivity index (χ1) is 6.40. The lowest BCUT2D eigenvalue weighted by molar-refractivity contribution is 1.14. The molecule has 0 saturated carbocycles. The van der Waals surface area contributed by atoms with Crippen molar-refractivity contribution in [2.45, 2.75) is 19.8 Å². The van der Waals surface area contributed by atoms with Crippen LogP contribution in [0.1, 0.15) is 24.5 Å². The van der Waals surface area contributed by atoms with Gasteiger partial charge in [0.1, 0.15) is 0 Å². The van der Waals surface area contributed by atoms with E-state index >= 15 is 0 Å². The van der Waals surface area contributed by atoms with E-state index < -0.39 is 0 Å². The summed E-state index contributed by atoms with van der Waals surface area (Å²) in [7, 11) is 0. The quantitative estimate of drug-likeness (QED) is 0.636. The fourth-order valence-electron chi connectivity index (χ4n) is 1.61. The SMILES string of the molecule is CCc1ccc(C2=CCC=C2)cc1. The van der Waals surface area contributed by atoms with Crippen LogP contribution in [0.25, 0.3) is 5.57 Å². The molecule has 1 aliphatic carbocycles. The first kappa shape index (κ1) is 8.31. The molecular weight excluding hydrogens is 156 g/mol.